The molecule has 47 heavy (non-hydrogen) atoms. The largest absolute Gasteiger partial charge is 0.435 e. The second kappa shape index (κ2) is 10.3. The zero-order valence-electron chi connectivity index (χ0n) is 25.2. The molecular formula is C43H26N2OS. The zero-order valence-corrected chi connectivity index (χ0v) is 26.0. The highest BCUT2D eigenvalue weighted by atomic mass is 32.1. The van der Waals surface area contributed by atoms with E-state index < -0.39 is 0 Å². The third-order valence-electron chi connectivity index (χ3n) is 9.26. The van der Waals surface area contributed by atoms with Crippen LogP contribution < -0.4 is 4.90 Å². The Morgan fingerprint density at radius 3 is 1.98 bits per heavy atom. The number of fused-ring (bicyclic) bond motifs is 6. The van der Waals surface area contributed by atoms with Gasteiger partial charge in [-0.25, -0.2) is 4.98 Å². The fourth-order valence-electron chi connectivity index (χ4n) is 7.15. The highest BCUT2D eigenvalue weighted by Crippen LogP contribution is 2.53. The molecule has 2 heterocycles. The van der Waals surface area contributed by atoms with Gasteiger partial charge in [-0.1, -0.05) is 103 Å². The van der Waals surface area contributed by atoms with Gasteiger partial charge in [-0.3, -0.25) is 0 Å². The second-order valence-corrected chi connectivity index (χ2v) is 13.0. The quantitative estimate of drug-likeness (QED) is 0.192. The minimum absolute atomic E-state index is 0.651. The van der Waals surface area contributed by atoms with E-state index in [1.165, 1.54) is 36.7 Å². The number of thiophene rings is 1. The lowest BCUT2D eigenvalue weighted by Gasteiger charge is -2.28. The Morgan fingerprint density at radius 2 is 1.15 bits per heavy atom. The average Bonchev–Trinajstić information content (AvgIpc) is 3.83. The minimum Gasteiger partial charge on any atom is -0.435 e. The van der Waals surface area contributed by atoms with Crippen LogP contribution >= 0.6 is 11.3 Å². The molecule has 0 saturated carbocycles. The predicted octanol–water partition coefficient (Wildman–Crippen LogP) is 12.6. The first-order chi connectivity index (χ1) is 23.3. The number of hydrogen-bond acceptors (Lipinski definition) is 4. The first-order valence-corrected chi connectivity index (χ1v) is 16.6. The van der Waals surface area contributed by atoms with E-state index in [0.717, 1.165) is 50.6 Å². The van der Waals surface area contributed by atoms with Gasteiger partial charge in [-0.05, 0) is 65.7 Å². The number of oxazole rings is 1. The molecular weight excluding hydrogens is 593 g/mol. The Balaban J connectivity index is 1.20. The molecule has 2 aromatic heterocycles. The molecule has 1 aliphatic rings. The van der Waals surface area contributed by atoms with Crippen molar-refractivity contribution in [3.05, 3.63) is 158 Å². The first-order valence-electron chi connectivity index (χ1n) is 15.8. The van der Waals surface area contributed by atoms with Crippen molar-refractivity contribution in [2.24, 2.45) is 0 Å². The normalized spacial score (nSPS) is 11.8. The van der Waals surface area contributed by atoms with E-state index in [2.05, 4.69) is 132 Å². The number of anilines is 3. The Kier molecular flexibility index (Phi) is 5.74. The SMILES string of the molecule is c1ccc(-c2ccc(N(c3ccc4c5c(cccc35)-c3nc(-c5ccccc5)oc3-4)c3cccc4sc5ccccc5c34)cc2)cc1. The summed E-state index contributed by atoms with van der Waals surface area (Å²) >= 11 is 1.85. The second-order valence-electron chi connectivity index (χ2n) is 11.9. The highest BCUT2D eigenvalue weighted by molar-refractivity contribution is 7.26. The van der Waals surface area contributed by atoms with Crippen molar-refractivity contribution >= 4 is 59.3 Å². The molecule has 0 saturated heterocycles. The van der Waals surface area contributed by atoms with Crippen LogP contribution in [0.25, 0.3) is 76.1 Å². The number of rotatable bonds is 5. The molecule has 0 aliphatic heterocycles. The van der Waals surface area contributed by atoms with Crippen molar-refractivity contribution in [1.29, 1.82) is 0 Å². The van der Waals surface area contributed by atoms with Crippen LogP contribution in [-0.4, -0.2) is 4.98 Å². The molecule has 0 amide bonds. The molecule has 0 N–H and O–H groups in total. The van der Waals surface area contributed by atoms with E-state index in [9.17, 15) is 0 Å². The first kappa shape index (κ1) is 26.3. The Hall–Kier alpha value is -5.97. The summed E-state index contributed by atoms with van der Waals surface area (Å²) < 4.78 is 9.05. The van der Waals surface area contributed by atoms with Gasteiger partial charge in [-0.2, -0.15) is 0 Å². The summed E-state index contributed by atoms with van der Waals surface area (Å²) in [5, 5.41) is 4.89. The Labute approximate surface area is 275 Å². The summed E-state index contributed by atoms with van der Waals surface area (Å²) in [5.41, 5.74) is 9.87. The fourth-order valence-corrected chi connectivity index (χ4v) is 8.27. The lowest BCUT2D eigenvalue weighted by Crippen LogP contribution is -2.11. The lowest BCUT2D eigenvalue weighted by molar-refractivity contribution is 0.590. The molecule has 1 aliphatic carbocycles. The van der Waals surface area contributed by atoms with E-state index in [1.54, 1.807) is 0 Å². The predicted molar refractivity (Wildman–Crippen MR) is 197 cm³/mol. The fraction of sp³-hybridized carbons (Fsp3) is 0. The van der Waals surface area contributed by atoms with Crippen molar-refractivity contribution in [2.45, 2.75) is 0 Å². The molecule has 0 bridgehead atoms. The number of benzene rings is 7. The maximum Gasteiger partial charge on any atom is 0.227 e. The molecule has 0 unspecified atom stereocenters. The van der Waals surface area contributed by atoms with Crippen LogP contribution in [0.2, 0.25) is 0 Å². The highest BCUT2D eigenvalue weighted by Gasteiger charge is 2.30. The maximum absolute atomic E-state index is 6.48. The van der Waals surface area contributed by atoms with E-state index in [4.69, 9.17) is 9.40 Å². The van der Waals surface area contributed by atoms with Crippen molar-refractivity contribution in [1.82, 2.24) is 4.98 Å². The molecule has 0 radical (unpaired) electrons. The van der Waals surface area contributed by atoms with Gasteiger partial charge in [0.2, 0.25) is 5.89 Å². The van der Waals surface area contributed by atoms with Crippen LogP contribution in [0.3, 0.4) is 0 Å². The van der Waals surface area contributed by atoms with Crippen LogP contribution in [0.1, 0.15) is 0 Å². The van der Waals surface area contributed by atoms with Gasteiger partial charge in [0.25, 0.3) is 0 Å². The molecule has 3 nitrogen and oxygen atoms in total. The standard InChI is InChI=1S/C43H26N2OS/c1-3-11-27(12-4-1)28-21-23-30(24-22-28)45(36-18-10-20-38-40(36)32-15-7-8-19-37(32)47-38)35-26-25-34-39-31(35)16-9-17-33(39)41-42(34)46-43(44-41)29-13-5-2-6-14-29/h1-26H. The summed E-state index contributed by atoms with van der Waals surface area (Å²) in [6.45, 7) is 0. The van der Waals surface area contributed by atoms with Gasteiger partial charge in [0.05, 0.1) is 11.4 Å². The zero-order chi connectivity index (χ0) is 30.9. The van der Waals surface area contributed by atoms with Crippen LogP contribution in [-0.2, 0) is 0 Å². The monoisotopic (exact) mass is 618 g/mol. The lowest BCUT2D eigenvalue weighted by atomic mass is 9.99. The molecule has 0 spiro atoms. The summed E-state index contributed by atoms with van der Waals surface area (Å²) in [4.78, 5) is 7.45. The van der Waals surface area contributed by atoms with Gasteiger partial charge >= 0.3 is 0 Å². The molecule has 7 aromatic carbocycles. The average molecular weight is 619 g/mol. The van der Waals surface area contributed by atoms with Gasteiger partial charge in [0, 0.05) is 53.3 Å². The van der Waals surface area contributed by atoms with Gasteiger partial charge in [-0.15, -0.1) is 11.3 Å². The summed E-state index contributed by atoms with van der Waals surface area (Å²) in [7, 11) is 0. The van der Waals surface area contributed by atoms with Gasteiger partial charge in [0.1, 0.15) is 5.69 Å². The molecule has 0 atom stereocenters. The van der Waals surface area contributed by atoms with E-state index >= 15 is 0 Å². The molecule has 9 aromatic rings. The van der Waals surface area contributed by atoms with Crippen molar-refractivity contribution in [3.63, 3.8) is 0 Å². The van der Waals surface area contributed by atoms with Gasteiger partial charge in [0.15, 0.2) is 5.76 Å². The third kappa shape index (κ3) is 4.02. The van der Waals surface area contributed by atoms with Gasteiger partial charge < -0.3 is 9.32 Å². The van der Waals surface area contributed by atoms with Crippen LogP contribution in [0.4, 0.5) is 17.1 Å². The van der Waals surface area contributed by atoms with Crippen LogP contribution in [0.5, 0.6) is 0 Å². The van der Waals surface area contributed by atoms with Crippen LogP contribution in [0.15, 0.2) is 162 Å². The third-order valence-corrected chi connectivity index (χ3v) is 10.4. The molecule has 10 rings (SSSR count). The number of nitrogens with zero attached hydrogens (tertiary/aromatic N) is 2. The smallest absolute Gasteiger partial charge is 0.227 e. The molecule has 4 heteroatoms. The summed E-state index contributed by atoms with van der Waals surface area (Å²) in [6.07, 6.45) is 0. The summed E-state index contributed by atoms with van der Waals surface area (Å²) in [6, 6.07) is 56.1. The molecule has 220 valence electrons. The number of hydrogen-bond donors (Lipinski definition) is 0. The summed E-state index contributed by atoms with van der Waals surface area (Å²) in [5.74, 6) is 1.49. The molecule has 0 fully saturated rings. The van der Waals surface area contributed by atoms with Crippen LogP contribution in [0, 0.1) is 0 Å². The topological polar surface area (TPSA) is 29.3 Å². The van der Waals surface area contributed by atoms with Crippen molar-refractivity contribution in [2.75, 3.05) is 4.90 Å². The number of aromatic nitrogens is 1. The van der Waals surface area contributed by atoms with E-state index in [-0.39, 0.29) is 0 Å². The minimum atomic E-state index is 0.651. The van der Waals surface area contributed by atoms with Crippen molar-refractivity contribution < 1.29 is 4.42 Å². The van der Waals surface area contributed by atoms with E-state index in [1.807, 2.05) is 41.7 Å². The maximum atomic E-state index is 6.48. The Bertz CT molecular complexity index is 2590. The Morgan fingerprint density at radius 1 is 0.468 bits per heavy atom. The van der Waals surface area contributed by atoms with E-state index in [0.29, 0.717) is 5.89 Å². The van der Waals surface area contributed by atoms with Crippen molar-refractivity contribution in [3.8, 4) is 45.2 Å².